The van der Waals surface area contributed by atoms with Crippen LogP contribution in [-0.4, -0.2) is 63.0 Å². The highest BCUT2D eigenvalue weighted by molar-refractivity contribution is 7.13. The molecule has 2 aliphatic rings. The summed E-state index contributed by atoms with van der Waals surface area (Å²) in [6.07, 6.45) is 0.328. The van der Waals surface area contributed by atoms with E-state index in [9.17, 15) is 23.9 Å². The number of thiazole rings is 1. The minimum absolute atomic E-state index is 0.00853. The molecule has 2 fully saturated rings. The van der Waals surface area contributed by atoms with Gasteiger partial charge >= 0.3 is 0 Å². The second-order valence-corrected chi connectivity index (χ2v) is 14.3. The average molecular weight is 572 g/mol. The Hall–Kier alpha value is -2.65. The third kappa shape index (κ3) is 6.46. The van der Waals surface area contributed by atoms with E-state index in [1.165, 1.54) is 4.90 Å². The van der Waals surface area contributed by atoms with Crippen LogP contribution in [0.5, 0.6) is 0 Å². The van der Waals surface area contributed by atoms with E-state index in [2.05, 4.69) is 49.3 Å². The number of aliphatic hydroxyl groups excluding tert-OH is 1. The van der Waals surface area contributed by atoms with Gasteiger partial charge in [0.15, 0.2) is 11.5 Å². The largest absolute Gasteiger partial charge is 0.391 e. The normalized spacial score (nSPS) is 21.3. The number of Topliss-reactive ketones (excluding diaryl/α,β-unsaturated/α-hetero) is 1. The van der Waals surface area contributed by atoms with Crippen molar-refractivity contribution in [3.8, 4) is 10.4 Å². The highest BCUT2D eigenvalue weighted by Crippen LogP contribution is 2.40. The molecule has 3 atom stereocenters. The molecule has 1 saturated carbocycles. The Morgan fingerprint density at radius 2 is 1.88 bits per heavy atom. The number of benzene rings is 1. The van der Waals surface area contributed by atoms with Crippen LogP contribution in [0, 0.1) is 12.3 Å². The maximum Gasteiger partial charge on any atom is 0.258 e. The number of nitrogens with one attached hydrogen (secondary N) is 1. The summed E-state index contributed by atoms with van der Waals surface area (Å²) < 4.78 is 14.4. The molecule has 7 nitrogen and oxygen atoms in total. The van der Waals surface area contributed by atoms with Crippen LogP contribution in [0.25, 0.3) is 10.4 Å². The van der Waals surface area contributed by atoms with E-state index < -0.39 is 41.1 Å². The van der Waals surface area contributed by atoms with Gasteiger partial charge in [-0.15, -0.1) is 11.3 Å². The van der Waals surface area contributed by atoms with Gasteiger partial charge in [-0.25, -0.2) is 9.37 Å². The van der Waals surface area contributed by atoms with Crippen molar-refractivity contribution in [2.45, 2.75) is 110 Å². The number of aliphatic hydroxyl groups is 1. The van der Waals surface area contributed by atoms with Crippen molar-refractivity contribution in [1.29, 1.82) is 0 Å². The molecule has 0 spiro atoms. The summed E-state index contributed by atoms with van der Waals surface area (Å²) in [4.78, 5) is 46.6. The van der Waals surface area contributed by atoms with Gasteiger partial charge in [0.25, 0.3) is 5.91 Å². The van der Waals surface area contributed by atoms with Crippen LogP contribution in [0.3, 0.4) is 0 Å². The number of aromatic nitrogens is 1. The second kappa shape index (κ2) is 11.0. The molecule has 1 aliphatic heterocycles. The fraction of sp³-hybridized carbons (Fsp3) is 0.613. The third-order valence-corrected chi connectivity index (χ3v) is 8.96. The Bertz CT molecular complexity index is 1290. The number of β-amino-alcohol motifs (C(OH)–C–C–N with tert-alkyl or cyclic N) is 1. The molecule has 3 unspecified atom stereocenters. The lowest BCUT2D eigenvalue weighted by atomic mass is 9.81. The number of amides is 2. The van der Waals surface area contributed by atoms with E-state index >= 15 is 0 Å². The predicted molar refractivity (Wildman–Crippen MR) is 155 cm³/mol. The first-order valence-corrected chi connectivity index (χ1v) is 14.9. The fourth-order valence-electron chi connectivity index (χ4n) is 5.41. The van der Waals surface area contributed by atoms with Crippen molar-refractivity contribution in [3.63, 3.8) is 0 Å². The van der Waals surface area contributed by atoms with Gasteiger partial charge in [-0.2, -0.15) is 0 Å². The molecule has 0 bridgehead atoms. The quantitative estimate of drug-likeness (QED) is 0.469. The van der Waals surface area contributed by atoms with Gasteiger partial charge in [0, 0.05) is 19.4 Å². The van der Waals surface area contributed by atoms with Crippen molar-refractivity contribution in [2.75, 3.05) is 6.54 Å². The van der Waals surface area contributed by atoms with Crippen molar-refractivity contribution in [1.82, 2.24) is 15.2 Å². The first kappa shape index (κ1) is 30.3. The highest BCUT2D eigenvalue weighted by Gasteiger charge is 2.53. The molecule has 218 valence electrons. The van der Waals surface area contributed by atoms with Gasteiger partial charge in [-0.3, -0.25) is 14.4 Å². The second-order valence-electron chi connectivity index (χ2n) is 13.5. The molecule has 2 N–H and O–H groups in total. The number of aryl methyl sites for hydroxylation is 2. The molecule has 2 aromatic rings. The number of halogens is 1. The van der Waals surface area contributed by atoms with Gasteiger partial charge in [0.1, 0.15) is 6.04 Å². The summed E-state index contributed by atoms with van der Waals surface area (Å²) in [5.74, 6) is -1.37. The smallest absolute Gasteiger partial charge is 0.258 e. The van der Waals surface area contributed by atoms with Crippen LogP contribution in [-0.2, 0) is 26.2 Å². The van der Waals surface area contributed by atoms with Crippen LogP contribution in [0.4, 0.5) is 4.39 Å². The number of likely N-dealkylation sites (tertiary alicyclic amines) is 1. The Labute approximate surface area is 240 Å². The lowest BCUT2D eigenvalue weighted by molar-refractivity contribution is -0.144. The van der Waals surface area contributed by atoms with Crippen LogP contribution in [0.15, 0.2) is 23.7 Å². The zero-order valence-electron chi connectivity index (χ0n) is 24.6. The Balaban J connectivity index is 1.51. The topological polar surface area (TPSA) is 99.6 Å². The van der Waals surface area contributed by atoms with E-state index in [1.807, 2.05) is 12.4 Å². The van der Waals surface area contributed by atoms with Crippen molar-refractivity contribution < 1.29 is 23.9 Å². The molecule has 1 aromatic heterocycles. The molecule has 1 aromatic carbocycles. The Morgan fingerprint density at radius 1 is 1.20 bits per heavy atom. The zero-order valence-corrected chi connectivity index (χ0v) is 25.5. The van der Waals surface area contributed by atoms with Crippen LogP contribution >= 0.6 is 11.3 Å². The molecule has 4 rings (SSSR count). The van der Waals surface area contributed by atoms with Gasteiger partial charge < -0.3 is 15.3 Å². The van der Waals surface area contributed by atoms with Crippen LogP contribution in [0.1, 0.15) is 84.0 Å². The summed E-state index contributed by atoms with van der Waals surface area (Å²) >= 11 is 1.60. The lowest BCUT2D eigenvalue weighted by Gasteiger charge is -2.35. The van der Waals surface area contributed by atoms with Crippen molar-refractivity contribution in [2.24, 2.45) is 5.41 Å². The van der Waals surface area contributed by atoms with Gasteiger partial charge in [0.2, 0.25) is 5.91 Å². The number of alkyl halides is 1. The lowest BCUT2D eigenvalue weighted by Crippen LogP contribution is -2.58. The molecule has 1 aliphatic carbocycles. The van der Waals surface area contributed by atoms with E-state index in [4.69, 9.17) is 0 Å². The maximum atomic E-state index is 14.4. The van der Waals surface area contributed by atoms with Crippen LogP contribution < -0.4 is 5.32 Å². The number of carbonyl (C=O) groups is 3. The number of rotatable bonds is 8. The Kier molecular flexibility index (Phi) is 8.31. The first-order valence-electron chi connectivity index (χ1n) is 14.1. The summed E-state index contributed by atoms with van der Waals surface area (Å²) in [6, 6.07) is 4.53. The van der Waals surface area contributed by atoms with E-state index in [0.29, 0.717) is 6.42 Å². The number of hydrogen-bond donors (Lipinski definition) is 2. The number of nitrogens with zero attached hydrogens (tertiary/aromatic N) is 2. The van der Waals surface area contributed by atoms with E-state index in [1.54, 1.807) is 32.1 Å². The third-order valence-electron chi connectivity index (χ3n) is 7.98. The van der Waals surface area contributed by atoms with E-state index in [-0.39, 0.29) is 43.4 Å². The molecular formula is C31H42FN3O4S. The minimum atomic E-state index is -1.91. The number of carbonyl (C=O) groups excluding carboxylic acids is 3. The van der Waals surface area contributed by atoms with Gasteiger partial charge in [-0.05, 0) is 59.8 Å². The summed E-state index contributed by atoms with van der Waals surface area (Å²) in [5.41, 5.74) is 3.39. The first-order chi connectivity index (χ1) is 18.5. The SMILES string of the molecule is Cc1ncsc1-c1ccc(CCC(=O)C2CC(O)CN2C(=O)C(NC(=O)C2(F)CC2)C(C)(C)C)c(C(C)(C)C)c1. The summed E-state index contributed by atoms with van der Waals surface area (Å²) in [6.45, 7) is 13.8. The minimum Gasteiger partial charge on any atom is -0.391 e. The Morgan fingerprint density at radius 3 is 2.42 bits per heavy atom. The summed E-state index contributed by atoms with van der Waals surface area (Å²) in [5, 5.41) is 13.1. The average Bonchev–Trinajstić information content (AvgIpc) is 3.27. The van der Waals surface area contributed by atoms with Crippen molar-refractivity contribution in [3.05, 3.63) is 40.5 Å². The standard InChI is InChI=1S/C31H42FN3O4S/c1-18-25(40-17-33-18)20-9-8-19(22(14-20)29(2,3)4)10-11-24(37)23-15-21(36)16-35(23)27(38)26(30(5,6)7)34-28(39)31(32)12-13-31/h8-9,14,17,21,23,26,36H,10-13,15-16H2,1-7H3,(H,34,39). The molecule has 1 saturated heterocycles. The molecule has 2 heterocycles. The molecular weight excluding hydrogens is 529 g/mol. The van der Waals surface area contributed by atoms with E-state index in [0.717, 1.165) is 27.3 Å². The van der Waals surface area contributed by atoms with Gasteiger partial charge in [0.05, 0.1) is 28.2 Å². The zero-order chi connectivity index (χ0) is 29.6. The molecule has 9 heteroatoms. The van der Waals surface area contributed by atoms with Crippen molar-refractivity contribution >= 4 is 28.9 Å². The molecule has 2 amide bonds. The number of hydrogen-bond acceptors (Lipinski definition) is 6. The summed E-state index contributed by atoms with van der Waals surface area (Å²) in [7, 11) is 0. The fourth-order valence-corrected chi connectivity index (χ4v) is 6.21. The maximum absolute atomic E-state index is 14.4. The molecule has 40 heavy (non-hydrogen) atoms. The van der Waals surface area contributed by atoms with Gasteiger partial charge in [-0.1, -0.05) is 53.7 Å². The predicted octanol–water partition coefficient (Wildman–Crippen LogP) is 4.91. The highest BCUT2D eigenvalue weighted by atomic mass is 32.1. The molecule has 0 radical (unpaired) electrons. The van der Waals surface area contributed by atoms with Crippen LogP contribution in [0.2, 0.25) is 0 Å². The monoisotopic (exact) mass is 571 g/mol. The number of ketones is 1.